The fraction of sp³-hybridized carbons (Fsp3) is 0.0870. The van der Waals surface area contributed by atoms with Gasteiger partial charge in [0, 0.05) is 43.1 Å². The first-order valence-electron chi connectivity index (χ1n) is 9.18. The zero-order chi connectivity index (χ0) is 19.1. The van der Waals surface area contributed by atoms with Crippen molar-refractivity contribution in [2.75, 3.05) is 19.0 Å². The van der Waals surface area contributed by atoms with E-state index < -0.39 is 0 Å². The van der Waals surface area contributed by atoms with Crippen LogP contribution >= 0.6 is 0 Å². The molecule has 0 fully saturated rings. The van der Waals surface area contributed by atoms with Gasteiger partial charge in [-0.3, -0.25) is 9.55 Å². The Balaban J connectivity index is 1.82. The van der Waals surface area contributed by atoms with Crippen molar-refractivity contribution in [2.24, 2.45) is 0 Å². The number of pyridine rings is 2. The summed E-state index contributed by atoms with van der Waals surface area (Å²) in [6.07, 6.45) is 3.63. The monoisotopic (exact) mass is 365 g/mol. The van der Waals surface area contributed by atoms with Crippen LogP contribution in [0, 0.1) is 0 Å². The van der Waals surface area contributed by atoms with E-state index >= 15 is 0 Å². The number of rotatable bonds is 3. The van der Waals surface area contributed by atoms with Gasteiger partial charge in [-0.2, -0.15) is 0 Å². The Morgan fingerprint density at radius 2 is 1.50 bits per heavy atom. The third kappa shape index (κ3) is 2.60. The molecule has 28 heavy (non-hydrogen) atoms. The van der Waals surface area contributed by atoms with Crippen molar-refractivity contribution in [1.29, 1.82) is 0 Å². The molecule has 0 amide bonds. The highest BCUT2D eigenvalue weighted by Crippen LogP contribution is 2.31. The van der Waals surface area contributed by atoms with Crippen molar-refractivity contribution in [2.45, 2.75) is 0 Å². The predicted octanol–water partition coefficient (Wildman–Crippen LogP) is 4.70. The van der Waals surface area contributed by atoms with Gasteiger partial charge in [-0.1, -0.05) is 6.07 Å². The largest absolute Gasteiger partial charge is 0.378 e. The summed E-state index contributed by atoms with van der Waals surface area (Å²) >= 11 is 0. The first-order chi connectivity index (χ1) is 13.7. The zero-order valence-corrected chi connectivity index (χ0v) is 15.7. The molecule has 0 radical (unpaired) electrons. The van der Waals surface area contributed by atoms with Gasteiger partial charge in [-0.25, -0.2) is 9.97 Å². The lowest BCUT2D eigenvalue weighted by atomic mass is 10.1. The van der Waals surface area contributed by atoms with Crippen LogP contribution in [0.1, 0.15) is 0 Å². The average Bonchev–Trinajstić information content (AvgIpc) is 3.13. The van der Waals surface area contributed by atoms with Crippen LogP contribution in [0.5, 0.6) is 0 Å². The van der Waals surface area contributed by atoms with Gasteiger partial charge in [0.2, 0.25) is 0 Å². The quantitative estimate of drug-likeness (QED) is 0.465. The van der Waals surface area contributed by atoms with Crippen LogP contribution in [0.2, 0.25) is 0 Å². The zero-order valence-electron chi connectivity index (χ0n) is 15.7. The molecule has 5 nitrogen and oxygen atoms in total. The molecule has 0 aliphatic rings. The van der Waals surface area contributed by atoms with E-state index in [1.807, 2.05) is 56.8 Å². The SMILES string of the molecule is CN(C)c1ccc(-c2nc3cccnc3n2-c2cccc3ncccc23)cc1. The van der Waals surface area contributed by atoms with Crippen molar-refractivity contribution < 1.29 is 0 Å². The third-order valence-electron chi connectivity index (χ3n) is 4.92. The first-order valence-corrected chi connectivity index (χ1v) is 9.18. The van der Waals surface area contributed by atoms with E-state index in [0.29, 0.717) is 0 Å². The van der Waals surface area contributed by atoms with Crippen LogP contribution in [0.15, 0.2) is 79.1 Å². The van der Waals surface area contributed by atoms with Gasteiger partial charge >= 0.3 is 0 Å². The summed E-state index contributed by atoms with van der Waals surface area (Å²) in [6.45, 7) is 0. The van der Waals surface area contributed by atoms with Crippen molar-refractivity contribution in [3.05, 3.63) is 79.1 Å². The minimum Gasteiger partial charge on any atom is -0.378 e. The minimum absolute atomic E-state index is 0.838. The summed E-state index contributed by atoms with van der Waals surface area (Å²) in [5.74, 6) is 0.871. The van der Waals surface area contributed by atoms with E-state index in [2.05, 4.69) is 55.8 Å². The molecule has 3 aromatic heterocycles. The molecule has 136 valence electrons. The molecule has 0 bridgehead atoms. The number of nitrogens with zero attached hydrogens (tertiary/aromatic N) is 5. The third-order valence-corrected chi connectivity index (χ3v) is 4.92. The second kappa shape index (κ2) is 6.46. The van der Waals surface area contributed by atoms with Crippen LogP contribution in [0.25, 0.3) is 39.1 Å². The number of anilines is 1. The van der Waals surface area contributed by atoms with Crippen molar-refractivity contribution >= 4 is 27.8 Å². The second-order valence-electron chi connectivity index (χ2n) is 6.91. The van der Waals surface area contributed by atoms with Crippen molar-refractivity contribution in [1.82, 2.24) is 19.5 Å². The smallest absolute Gasteiger partial charge is 0.164 e. The highest BCUT2D eigenvalue weighted by Gasteiger charge is 2.17. The molecule has 2 aromatic carbocycles. The summed E-state index contributed by atoms with van der Waals surface area (Å²) in [4.78, 5) is 16.1. The van der Waals surface area contributed by atoms with Crippen LogP contribution in [0.4, 0.5) is 5.69 Å². The summed E-state index contributed by atoms with van der Waals surface area (Å²) in [6, 6.07) is 22.5. The molecule has 0 aliphatic heterocycles. The molecule has 5 heteroatoms. The summed E-state index contributed by atoms with van der Waals surface area (Å²) in [7, 11) is 4.08. The highest BCUT2D eigenvalue weighted by molar-refractivity contribution is 5.91. The molecule has 5 aromatic rings. The van der Waals surface area contributed by atoms with Gasteiger partial charge in [-0.05, 0) is 60.7 Å². The lowest BCUT2D eigenvalue weighted by Gasteiger charge is -2.14. The van der Waals surface area contributed by atoms with Gasteiger partial charge in [0.1, 0.15) is 11.3 Å². The van der Waals surface area contributed by atoms with Gasteiger partial charge < -0.3 is 4.90 Å². The normalized spacial score (nSPS) is 11.2. The summed E-state index contributed by atoms with van der Waals surface area (Å²) in [5.41, 5.74) is 5.88. The first kappa shape index (κ1) is 16.4. The molecule has 0 atom stereocenters. The Morgan fingerprint density at radius 1 is 0.750 bits per heavy atom. The molecular weight excluding hydrogens is 346 g/mol. The fourth-order valence-corrected chi connectivity index (χ4v) is 3.53. The van der Waals surface area contributed by atoms with Crippen LogP contribution in [-0.4, -0.2) is 33.6 Å². The molecule has 5 rings (SSSR count). The Hall–Kier alpha value is -3.73. The second-order valence-corrected chi connectivity index (χ2v) is 6.91. The summed E-state index contributed by atoms with van der Waals surface area (Å²) < 4.78 is 2.13. The molecular formula is C23H19N5. The van der Waals surface area contributed by atoms with E-state index in [9.17, 15) is 0 Å². The van der Waals surface area contributed by atoms with Gasteiger partial charge in [-0.15, -0.1) is 0 Å². The Morgan fingerprint density at radius 3 is 2.32 bits per heavy atom. The van der Waals surface area contributed by atoms with Crippen molar-refractivity contribution in [3.8, 4) is 17.1 Å². The lowest BCUT2D eigenvalue weighted by molar-refractivity contribution is 1.08. The van der Waals surface area contributed by atoms with Crippen molar-refractivity contribution in [3.63, 3.8) is 0 Å². The maximum absolute atomic E-state index is 4.91. The Kier molecular flexibility index (Phi) is 3.79. The van der Waals surface area contributed by atoms with E-state index in [0.717, 1.165) is 44.8 Å². The fourth-order valence-electron chi connectivity index (χ4n) is 3.53. The van der Waals surface area contributed by atoms with Gasteiger partial charge in [0.25, 0.3) is 0 Å². The standard InChI is InChI=1S/C23H19N5/c1-27(2)17-12-10-16(11-13-17)22-26-20-8-5-15-25-23(20)28(22)21-9-3-7-19-18(21)6-4-14-24-19/h3-15H,1-2H3. The number of hydrogen-bond acceptors (Lipinski definition) is 4. The van der Waals surface area contributed by atoms with Crippen LogP contribution < -0.4 is 4.90 Å². The van der Waals surface area contributed by atoms with Crippen LogP contribution in [0.3, 0.4) is 0 Å². The topological polar surface area (TPSA) is 46.8 Å². The maximum atomic E-state index is 4.91. The molecule has 0 saturated carbocycles. The Bertz CT molecular complexity index is 1280. The number of imidazole rings is 1. The van der Waals surface area contributed by atoms with Crippen LogP contribution in [-0.2, 0) is 0 Å². The molecule has 0 unspecified atom stereocenters. The molecule has 3 heterocycles. The Labute approximate surface area is 162 Å². The predicted molar refractivity (Wildman–Crippen MR) is 114 cm³/mol. The van der Waals surface area contributed by atoms with E-state index in [1.54, 1.807) is 0 Å². The number of fused-ring (bicyclic) bond motifs is 2. The molecule has 0 spiro atoms. The van der Waals surface area contributed by atoms with Gasteiger partial charge in [0.05, 0.1) is 11.2 Å². The minimum atomic E-state index is 0.838. The average molecular weight is 365 g/mol. The lowest BCUT2D eigenvalue weighted by Crippen LogP contribution is -2.08. The number of aromatic nitrogens is 4. The number of hydrogen-bond donors (Lipinski definition) is 0. The summed E-state index contributed by atoms with van der Waals surface area (Å²) in [5, 5.41) is 1.07. The van der Waals surface area contributed by atoms with E-state index in [4.69, 9.17) is 4.98 Å². The highest BCUT2D eigenvalue weighted by atomic mass is 15.1. The van der Waals surface area contributed by atoms with Gasteiger partial charge in [0.15, 0.2) is 5.65 Å². The number of benzene rings is 2. The molecule has 0 N–H and O–H groups in total. The van der Waals surface area contributed by atoms with E-state index in [1.165, 1.54) is 0 Å². The molecule has 0 aliphatic carbocycles. The van der Waals surface area contributed by atoms with E-state index in [-0.39, 0.29) is 0 Å². The maximum Gasteiger partial charge on any atom is 0.164 e. The molecule has 0 saturated heterocycles.